The van der Waals surface area contributed by atoms with E-state index in [1.54, 1.807) is 7.11 Å². The van der Waals surface area contributed by atoms with Gasteiger partial charge < -0.3 is 14.2 Å². The van der Waals surface area contributed by atoms with Crippen LogP contribution in [0.1, 0.15) is 62.5 Å². The van der Waals surface area contributed by atoms with E-state index in [0.29, 0.717) is 19.1 Å². The van der Waals surface area contributed by atoms with E-state index in [-0.39, 0.29) is 24.2 Å². The molecule has 0 bridgehead atoms. The van der Waals surface area contributed by atoms with E-state index in [4.69, 9.17) is 24.2 Å². The lowest BCUT2D eigenvalue weighted by Gasteiger charge is -2.25. The van der Waals surface area contributed by atoms with Gasteiger partial charge in [-0.05, 0) is 75.1 Å². The molecular weight excluding hydrogens is 522 g/mol. The van der Waals surface area contributed by atoms with Crippen LogP contribution in [0.5, 0.6) is 5.75 Å². The van der Waals surface area contributed by atoms with Crippen LogP contribution in [-0.4, -0.2) is 43.3 Å². The third-order valence-corrected chi connectivity index (χ3v) is 7.99. The maximum Gasteiger partial charge on any atom is 0.235 e. The normalized spacial score (nSPS) is 20.7. The Balaban J connectivity index is 1.22. The lowest BCUT2D eigenvalue weighted by Crippen LogP contribution is -2.33. The summed E-state index contributed by atoms with van der Waals surface area (Å²) in [5, 5.41) is 3.74. The molecule has 42 heavy (non-hydrogen) atoms. The van der Waals surface area contributed by atoms with Crippen LogP contribution in [0.25, 0.3) is 0 Å². The number of aryl methyl sites for hydroxylation is 4. The van der Waals surface area contributed by atoms with Crippen LogP contribution in [0, 0.1) is 27.7 Å². The molecule has 6 heteroatoms. The van der Waals surface area contributed by atoms with Gasteiger partial charge in [0, 0.05) is 12.0 Å². The molecule has 2 aliphatic rings. The Hall–Kier alpha value is -4.00. The third-order valence-electron chi connectivity index (χ3n) is 7.99. The standard InChI is InChI=1S/C36H39N3O3/c1-22-12-23(2)15-26(14-22)18-29-20-41-35(37-29)31-10-7-11-32(38-31)36-39-33(21-42-36)34(27-8-6-9-30(19-27)40-5)28-16-24(3)13-25(4)17-28/h6-17,19,29,33-34,36,39H,18,20-21H2,1-5H3/t29?,33?,34-,36?/m1/s1. The van der Waals surface area contributed by atoms with Crippen LogP contribution in [0.2, 0.25) is 0 Å². The number of pyridine rings is 1. The van der Waals surface area contributed by atoms with E-state index < -0.39 is 0 Å². The molecule has 0 amide bonds. The van der Waals surface area contributed by atoms with Crippen molar-refractivity contribution in [2.45, 2.75) is 58.3 Å². The molecule has 1 N–H and O–H groups in total. The molecule has 0 spiro atoms. The van der Waals surface area contributed by atoms with E-state index in [1.807, 2.05) is 24.3 Å². The summed E-state index contributed by atoms with van der Waals surface area (Å²) in [5.41, 5.74) is 10.3. The van der Waals surface area contributed by atoms with Crippen molar-refractivity contribution in [3.63, 3.8) is 0 Å². The lowest BCUT2D eigenvalue weighted by atomic mass is 9.84. The van der Waals surface area contributed by atoms with Gasteiger partial charge in [-0.1, -0.05) is 76.9 Å². The molecule has 4 atom stereocenters. The number of aliphatic imine (C=N–C) groups is 1. The highest BCUT2D eigenvalue weighted by Crippen LogP contribution is 2.35. The molecule has 4 aromatic rings. The molecular formula is C36H39N3O3. The van der Waals surface area contributed by atoms with Crippen molar-refractivity contribution in [3.8, 4) is 5.75 Å². The summed E-state index contributed by atoms with van der Waals surface area (Å²) in [6, 6.07) is 27.9. The van der Waals surface area contributed by atoms with Gasteiger partial charge in [-0.2, -0.15) is 0 Å². The lowest BCUT2D eigenvalue weighted by molar-refractivity contribution is 0.0970. The van der Waals surface area contributed by atoms with Crippen molar-refractivity contribution >= 4 is 5.90 Å². The second-order valence-corrected chi connectivity index (χ2v) is 11.7. The van der Waals surface area contributed by atoms with Crippen molar-refractivity contribution in [2.75, 3.05) is 20.3 Å². The summed E-state index contributed by atoms with van der Waals surface area (Å²) in [6.07, 6.45) is 0.521. The average Bonchev–Trinajstić information content (AvgIpc) is 3.63. The minimum Gasteiger partial charge on any atom is -0.497 e. The monoisotopic (exact) mass is 561 g/mol. The predicted octanol–water partition coefficient (Wildman–Crippen LogP) is 6.53. The first-order valence-corrected chi connectivity index (χ1v) is 14.7. The molecule has 3 unspecified atom stereocenters. The van der Waals surface area contributed by atoms with Gasteiger partial charge in [-0.15, -0.1) is 0 Å². The topological polar surface area (TPSA) is 65.0 Å². The summed E-state index contributed by atoms with van der Waals surface area (Å²) in [4.78, 5) is 9.83. The molecule has 216 valence electrons. The van der Waals surface area contributed by atoms with Crippen LogP contribution >= 0.6 is 0 Å². The van der Waals surface area contributed by atoms with Crippen LogP contribution in [0.3, 0.4) is 0 Å². The first kappa shape index (κ1) is 28.1. The van der Waals surface area contributed by atoms with Crippen molar-refractivity contribution in [2.24, 2.45) is 4.99 Å². The summed E-state index contributed by atoms with van der Waals surface area (Å²) in [6.45, 7) is 9.69. The van der Waals surface area contributed by atoms with E-state index in [0.717, 1.165) is 23.6 Å². The van der Waals surface area contributed by atoms with Crippen molar-refractivity contribution in [3.05, 3.63) is 129 Å². The number of hydrogen-bond donors (Lipinski definition) is 1. The van der Waals surface area contributed by atoms with Crippen LogP contribution < -0.4 is 10.1 Å². The molecule has 6 rings (SSSR count). The molecule has 0 radical (unpaired) electrons. The Labute approximate surface area is 248 Å². The molecule has 3 heterocycles. The van der Waals surface area contributed by atoms with Crippen LogP contribution in [-0.2, 0) is 15.9 Å². The Bertz CT molecular complexity index is 1570. The van der Waals surface area contributed by atoms with Gasteiger partial charge in [-0.25, -0.2) is 9.98 Å². The summed E-state index contributed by atoms with van der Waals surface area (Å²) in [7, 11) is 1.71. The maximum absolute atomic E-state index is 6.35. The first-order chi connectivity index (χ1) is 20.3. The van der Waals surface area contributed by atoms with Crippen LogP contribution in [0.15, 0.2) is 83.9 Å². The van der Waals surface area contributed by atoms with E-state index in [9.17, 15) is 0 Å². The number of aromatic nitrogens is 1. The van der Waals surface area contributed by atoms with Gasteiger partial charge in [0.05, 0.1) is 25.5 Å². The SMILES string of the molecule is COc1cccc([C@H](c2cc(C)cc(C)c2)C2COC(c3cccc(C4=NC(Cc5cc(C)cc(C)c5)CO4)n3)N2)c1. The fraction of sp³-hybridized carbons (Fsp3) is 0.333. The molecule has 1 saturated heterocycles. The largest absolute Gasteiger partial charge is 0.497 e. The van der Waals surface area contributed by atoms with Gasteiger partial charge in [0.25, 0.3) is 0 Å². The number of hydrogen-bond acceptors (Lipinski definition) is 6. The summed E-state index contributed by atoms with van der Waals surface area (Å²) >= 11 is 0. The fourth-order valence-corrected chi connectivity index (χ4v) is 6.37. The second-order valence-electron chi connectivity index (χ2n) is 11.7. The highest BCUT2D eigenvalue weighted by atomic mass is 16.5. The number of ether oxygens (including phenoxy) is 3. The average molecular weight is 562 g/mol. The number of nitrogens with one attached hydrogen (secondary N) is 1. The number of methoxy groups -OCH3 is 1. The van der Waals surface area contributed by atoms with Crippen molar-refractivity contribution in [1.82, 2.24) is 10.3 Å². The highest BCUT2D eigenvalue weighted by Gasteiger charge is 2.35. The molecule has 6 nitrogen and oxygen atoms in total. The van der Waals surface area contributed by atoms with Gasteiger partial charge in [0.2, 0.25) is 5.90 Å². The zero-order valence-electron chi connectivity index (χ0n) is 25.1. The quantitative estimate of drug-likeness (QED) is 0.265. The molecule has 1 aromatic heterocycles. The maximum atomic E-state index is 6.35. The summed E-state index contributed by atoms with van der Waals surface area (Å²) < 4.78 is 18.0. The van der Waals surface area contributed by atoms with E-state index in [1.165, 1.54) is 38.9 Å². The van der Waals surface area contributed by atoms with Gasteiger partial charge in [0.15, 0.2) is 6.23 Å². The second kappa shape index (κ2) is 12.1. The van der Waals surface area contributed by atoms with E-state index in [2.05, 4.69) is 87.6 Å². The Morgan fingerprint density at radius 2 is 1.55 bits per heavy atom. The van der Waals surface area contributed by atoms with Gasteiger partial charge in [-0.3, -0.25) is 5.32 Å². The Kier molecular flexibility index (Phi) is 8.09. The number of benzene rings is 3. The summed E-state index contributed by atoms with van der Waals surface area (Å²) in [5.74, 6) is 1.53. The van der Waals surface area contributed by atoms with Gasteiger partial charge in [0.1, 0.15) is 18.1 Å². The molecule has 0 saturated carbocycles. The van der Waals surface area contributed by atoms with Crippen LogP contribution in [0.4, 0.5) is 0 Å². The van der Waals surface area contributed by atoms with Crippen molar-refractivity contribution < 1.29 is 14.2 Å². The molecule has 0 aliphatic carbocycles. The van der Waals surface area contributed by atoms with E-state index >= 15 is 0 Å². The smallest absolute Gasteiger partial charge is 0.235 e. The number of nitrogens with zero attached hydrogens (tertiary/aromatic N) is 2. The van der Waals surface area contributed by atoms with Gasteiger partial charge >= 0.3 is 0 Å². The first-order valence-electron chi connectivity index (χ1n) is 14.7. The fourth-order valence-electron chi connectivity index (χ4n) is 6.37. The Morgan fingerprint density at radius 3 is 2.29 bits per heavy atom. The predicted molar refractivity (Wildman–Crippen MR) is 167 cm³/mol. The van der Waals surface area contributed by atoms with Crippen molar-refractivity contribution in [1.29, 1.82) is 0 Å². The Morgan fingerprint density at radius 1 is 0.833 bits per heavy atom. The molecule has 3 aromatic carbocycles. The third kappa shape index (κ3) is 6.25. The number of rotatable bonds is 8. The zero-order chi connectivity index (χ0) is 29.2. The zero-order valence-corrected chi connectivity index (χ0v) is 25.1. The minimum absolute atomic E-state index is 0.0519. The highest BCUT2D eigenvalue weighted by molar-refractivity contribution is 5.93. The minimum atomic E-state index is -0.331. The molecule has 2 aliphatic heterocycles. The molecule has 1 fully saturated rings.